The third-order valence-corrected chi connectivity index (χ3v) is 4.86. The van der Waals surface area contributed by atoms with E-state index in [9.17, 15) is 18.4 Å². The highest BCUT2D eigenvalue weighted by Gasteiger charge is 2.18. The summed E-state index contributed by atoms with van der Waals surface area (Å²) in [6, 6.07) is 10.3. The van der Waals surface area contributed by atoms with E-state index >= 15 is 0 Å². The van der Waals surface area contributed by atoms with Gasteiger partial charge in [0.05, 0.1) is 11.1 Å². The molecule has 0 aliphatic carbocycles. The molecule has 0 saturated heterocycles. The quantitative estimate of drug-likeness (QED) is 0.604. The lowest BCUT2D eigenvalue weighted by molar-refractivity contribution is -0.132. The fourth-order valence-electron chi connectivity index (χ4n) is 3.24. The van der Waals surface area contributed by atoms with Crippen LogP contribution in [0.2, 0.25) is 0 Å². The molecule has 0 bridgehead atoms. The summed E-state index contributed by atoms with van der Waals surface area (Å²) in [6.45, 7) is 4.87. The SMILES string of the molecule is CCCCN(CC)C(=O)Cn1nc(-c2ccc(F)c(F)c2)c2ccccc2c1=O. The largest absolute Gasteiger partial charge is 0.341 e. The van der Waals surface area contributed by atoms with Gasteiger partial charge in [0, 0.05) is 24.0 Å². The molecule has 152 valence electrons. The lowest BCUT2D eigenvalue weighted by Gasteiger charge is -2.21. The molecule has 1 amide bonds. The number of likely N-dealkylation sites (N-methyl/N-ethyl adjacent to an activating group) is 1. The summed E-state index contributed by atoms with van der Waals surface area (Å²) >= 11 is 0. The Balaban J connectivity index is 2.09. The number of amides is 1. The first-order valence-corrected chi connectivity index (χ1v) is 9.69. The molecule has 0 radical (unpaired) electrons. The number of carbonyl (C=O) groups excluding carboxylic acids is 1. The molecule has 0 fully saturated rings. The Morgan fingerprint density at radius 2 is 1.79 bits per heavy atom. The van der Waals surface area contributed by atoms with E-state index in [0.29, 0.717) is 35.1 Å². The van der Waals surface area contributed by atoms with Gasteiger partial charge in [-0.3, -0.25) is 9.59 Å². The molecule has 0 saturated carbocycles. The standard InChI is InChI=1S/C22H23F2N3O2/c1-3-5-12-26(4-2)20(28)14-27-22(29)17-9-7-6-8-16(17)21(25-27)15-10-11-18(23)19(24)13-15/h6-11,13H,3-5,12,14H2,1-2H3. The maximum atomic E-state index is 13.8. The minimum Gasteiger partial charge on any atom is -0.341 e. The smallest absolute Gasteiger partial charge is 0.275 e. The molecule has 0 atom stereocenters. The Hall–Kier alpha value is -3.09. The summed E-state index contributed by atoms with van der Waals surface area (Å²) in [5.74, 6) is -2.17. The van der Waals surface area contributed by atoms with Crippen LogP contribution < -0.4 is 5.56 Å². The molecule has 3 rings (SSSR count). The zero-order valence-electron chi connectivity index (χ0n) is 16.5. The predicted octanol–water partition coefficient (Wildman–Crippen LogP) is 3.99. The van der Waals surface area contributed by atoms with Crippen molar-refractivity contribution in [1.29, 1.82) is 0 Å². The van der Waals surface area contributed by atoms with E-state index in [1.165, 1.54) is 6.07 Å². The van der Waals surface area contributed by atoms with Crippen molar-refractivity contribution in [2.75, 3.05) is 13.1 Å². The third kappa shape index (κ3) is 4.34. The zero-order chi connectivity index (χ0) is 21.0. The number of unbranched alkanes of at least 4 members (excludes halogenated alkanes) is 1. The number of rotatable bonds is 7. The number of carbonyl (C=O) groups is 1. The number of halogens is 2. The van der Waals surface area contributed by atoms with E-state index in [1.54, 1.807) is 29.2 Å². The number of benzene rings is 2. The first kappa shape index (κ1) is 20.6. The highest BCUT2D eigenvalue weighted by molar-refractivity contribution is 5.93. The lowest BCUT2D eigenvalue weighted by atomic mass is 10.0. The van der Waals surface area contributed by atoms with Gasteiger partial charge in [-0.2, -0.15) is 5.10 Å². The molecule has 0 aliphatic heterocycles. The van der Waals surface area contributed by atoms with Crippen LogP contribution in [0.5, 0.6) is 0 Å². The van der Waals surface area contributed by atoms with Crippen LogP contribution in [0.15, 0.2) is 47.3 Å². The Labute approximate surface area is 167 Å². The van der Waals surface area contributed by atoms with Gasteiger partial charge < -0.3 is 4.90 Å². The van der Waals surface area contributed by atoms with E-state index in [-0.39, 0.29) is 12.5 Å². The van der Waals surface area contributed by atoms with Crippen LogP contribution in [-0.2, 0) is 11.3 Å². The minimum atomic E-state index is -1.00. The molecular formula is C22H23F2N3O2. The van der Waals surface area contributed by atoms with E-state index < -0.39 is 17.2 Å². The molecule has 29 heavy (non-hydrogen) atoms. The summed E-state index contributed by atoms with van der Waals surface area (Å²) in [6.07, 6.45) is 1.83. The molecule has 5 nitrogen and oxygen atoms in total. The molecule has 1 heterocycles. The van der Waals surface area contributed by atoms with Gasteiger partial charge >= 0.3 is 0 Å². The van der Waals surface area contributed by atoms with E-state index in [4.69, 9.17) is 0 Å². The van der Waals surface area contributed by atoms with Gasteiger partial charge in [-0.1, -0.05) is 31.5 Å². The van der Waals surface area contributed by atoms with Crippen LogP contribution in [-0.4, -0.2) is 33.7 Å². The molecule has 0 N–H and O–H groups in total. The van der Waals surface area contributed by atoms with Crippen molar-refractivity contribution in [1.82, 2.24) is 14.7 Å². The first-order chi connectivity index (χ1) is 14.0. The number of nitrogens with zero attached hydrogens (tertiary/aromatic N) is 3. The molecule has 2 aromatic carbocycles. The summed E-state index contributed by atoms with van der Waals surface area (Å²) in [4.78, 5) is 27.3. The van der Waals surface area contributed by atoms with Gasteiger partial charge in [-0.25, -0.2) is 13.5 Å². The van der Waals surface area contributed by atoms with Crippen molar-refractivity contribution in [2.45, 2.75) is 33.2 Å². The summed E-state index contributed by atoms with van der Waals surface area (Å²) in [5, 5.41) is 5.23. The van der Waals surface area contributed by atoms with Gasteiger partial charge in [0.2, 0.25) is 5.91 Å². The van der Waals surface area contributed by atoms with Crippen molar-refractivity contribution in [2.24, 2.45) is 0 Å². The number of hydrogen-bond acceptors (Lipinski definition) is 3. The number of aromatic nitrogens is 2. The Kier molecular flexibility index (Phi) is 6.36. The van der Waals surface area contributed by atoms with E-state index in [2.05, 4.69) is 5.10 Å². The second-order valence-corrected chi connectivity index (χ2v) is 6.81. The average Bonchev–Trinajstić information content (AvgIpc) is 2.73. The molecule has 1 aromatic heterocycles. The summed E-state index contributed by atoms with van der Waals surface area (Å²) in [5.41, 5.74) is 0.259. The van der Waals surface area contributed by atoms with Crippen LogP contribution in [0, 0.1) is 11.6 Å². The van der Waals surface area contributed by atoms with Gasteiger partial charge in [0.1, 0.15) is 6.54 Å². The molecule has 0 unspecified atom stereocenters. The van der Waals surface area contributed by atoms with Gasteiger partial charge in [0.25, 0.3) is 5.56 Å². The van der Waals surface area contributed by atoms with Crippen molar-refractivity contribution >= 4 is 16.7 Å². The Morgan fingerprint density at radius 1 is 1.07 bits per heavy atom. The molecule has 0 spiro atoms. The topological polar surface area (TPSA) is 55.2 Å². The van der Waals surface area contributed by atoms with Crippen molar-refractivity contribution < 1.29 is 13.6 Å². The first-order valence-electron chi connectivity index (χ1n) is 9.69. The van der Waals surface area contributed by atoms with Gasteiger partial charge in [0.15, 0.2) is 11.6 Å². The second kappa shape index (κ2) is 8.94. The zero-order valence-corrected chi connectivity index (χ0v) is 16.5. The fraction of sp³-hybridized carbons (Fsp3) is 0.318. The van der Waals surface area contributed by atoms with Gasteiger partial charge in [-0.15, -0.1) is 0 Å². The van der Waals surface area contributed by atoms with E-state index in [0.717, 1.165) is 29.7 Å². The van der Waals surface area contributed by atoms with Crippen LogP contribution in [0.25, 0.3) is 22.0 Å². The average molecular weight is 399 g/mol. The van der Waals surface area contributed by atoms with E-state index in [1.807, 2.05) is 13.8 Å². The highest BCUT2D eigenvalue weighted by atomic mass is 19.2. The Morgan fingerprint density at radius 3 is 2.45 bits per heavy atom. The summed E-state index contributed by atoms with van der Waals surface area (Å²) in [7, 11) is 0. The van der Waals surface area contributed by atoms with Crippen molar-refractivity contribution in [3.63, 3.8) is 0 Å². The predicted molar refractivity (Wildman–Crippen MR) is 109 cm³/mol. The van der Waals surface area contributed by atoms with Crippen LogP contribution >= 0.6 is 0 Å². The van der Waals surface area contributed by atoms with Crippen LogP contribution in [0.4, 0.5) is 8.78 Å². The maximum Gasteiger partial charge on any atom is 0.275 e. The Bertz CT molecular complexity index is 1100. The van der Waals surface area contributed by atoms with Crippen molar-refractivity contribution in [3.05, 3.63) is 64.5 Å². The van der Waals surface area contributed by atoms with Crippen LogP contribution in [0.1, 0.15) is 26.7 Å². The van der Waals surface area contributed by atoms with Crippen LogP contribution in [0.3, 0.4) is 0 Å². The molecular weight excluding hydrogens is 376 g/mol. The maximum absolute atomic E-state index is 13.8. The number of hydrogen-bond donors (Lipinski definition) is 0. The van der Waals surface area contributed by atoms with Gasteiger partial charge in [-0.05, 0) is 37.6 Å². The lowest BCUT2D eigenvalue weighted by Crippen LogP contribution is -2.38. The summed E-state index contributed by atoms with van der Waals surface area (Å²) < 4.78 is 28.3. The minimum absolute atomic E-state index is 0.206. The molecule has 7 heteroatoms. The fourth-order valence-corrected chi connectivity index (χ4v) is 3.24. The van der Waals surface area contributed by atoms with Crippen molar-refractivity contribution in [3.8, 4) is 11.3 Å². The molecule has 3 aromatic rings. The highest BCUT2D eigenvalue weighted by Crippen LogP contribution is 2.26. The second-order valence-electron chi connectivity index (χ2n) is 6.81. The monoisotopic (exact) mass is 399 g/mol. The normalized spacial score (nSPS) is 11.0. The molecule has 0 aliphatic rings. The number of fused-ring (bicyclic) bond motifs is 1. The third-order valence-electron chi connectivity index (χ3n) is 4.86.